The summed E-state index contributed by atoms with van der Waals surface area (Å²) in [6.45, 7) is 8.87. The van der Waals surface area contributed by atoms with Crippen molar-refractivity contribution in [3.05, 3.63) is 15.6 Å². The molecule has 0 radical (unpaired) electrons. The Balaban J connectivity index is 2.33. The topological polar surface area (TPSA) is 38.9 Å². The maximum atomic E-state index is 6.14. The molecule has 1 aromatic rings. The number of aromatic nitrogens is 1. The average molecular weight is 224 g/mol. The summed E-state index contributed by atoms with van der Waals surface area (Å²) in [4.78, 5) is 6.22. The second-order valence-corrected chi connectivity index (χ2v) is 6.59. The lowest BCUT2D eigenvalue weighted by Crippen LogP contribution is -2.18. The van der Waals surface area contributed by atoms with Crippen molar-refractivity contribution >= 4 is 11.3 Å². The van der Waals surface area contributed by atoms with E-state index in [-0.39, 0.29) is 11.5 Å². The quantitative estimate of drug-likeness (QED) is 0.838. The first-order valence-corrected chi connectivity index (χ1v) is 6.49. The molecule has 1 unspecified atom stereocenters. The SMILES string of the molecule is CC(C)C(N)c1nc2c(s1)CCC2(C)C. The highest BCUT2D eigenvalue weighted by molar-refractivity contribution is 7.11. The van der Waals surface area contributed by atoms with Gasteiger partial charge in [0.25, 0.3) is 0 Å². The van der Waals surface area contributed by atoms with Gasteiger partial charge in [-0.1, -0.05) is 27.7 Å². The van der Waals surface area contributed by atoms with Gasteiger partial charge < -0.3 is 5.73 Å². The number of hydrogen-bond donors (Lipinski definition) is 1. The summed E-state index contributed by atoms with van der Waals surface area (Å²) in [5.74, 6) is 0.472. The molecule has 1 aliphatic carbocycles. The molecular weight excluding hydrogens is 204 g/mol. The monoisotopic (exact) mass is 224 g/mol. The summed E-state index contributed by atoms with van der Waals surface area (Å²) in [6.07, 6.45) is 2.42. The molecular formula is C12H20N2S. The average Bonchev–Trinajstić information content (AvgIpc) is 2.66. The van der Waals surface area contributed by atoms with Crippen LogP contribution in [0.25, 0.3) is 0 Å². The summed E-state index contributed by atoms with van der Waals surface area (Å²) in [7, 11) is 0. The molecule has 0 aliphatic heterocycles. The lowest BCUT2D eigenvalue weighted by molar-refractivity contribution is 0.489. The third-order valence-corrected chi connectivity index (χ3v) is 4.55. The van der Waals surface area contributed by atoms with Crippen LogP contribution in [0.3, 0.4) is 0 Å². The minimum absolute atomic E-state index is 0.108. The van der Waals surface area contributed by atoms with Gasteiger partial charge in [0.15, 0.2) is 0 Å². The zero-order valence-electron chi connectivity index (χ0n) is 10.0. The Labute approximate surface area is 95.9 Å². The fourth-order valence-electron chi connectivity index (χ4n) is 2.04. The number of fused-ring (bicyclic) bond motifs is 1. The first kappa shape index (κ1) is 11.1. The molecule has 0 saturated heterocycles. The minimum atomic E-state index is 0.108. The van der Waals surface area contributed by atoms with Gasteiger partial charge in [0.2, 0.25) is 0 Å². The molecule has 0 aromatic carbocycles. The lowest BCUT2D eigenvalue weighted by Gasteiger charge is -2.17. The fourth-order valence-corrected chi connectivity index (χ4v) is 3.46. The molecule has 1 atom stereocenters. The summed E-state index contributed by atoms with van der Waals surface area (Å²) < 4.78 is 0. The van der Waals surface area contributed by atoms with Crippen LogP contribution in [0, 0.1) is 5.92 Å². The second-order valence-electron chi connectivity index (χ2n) is 5.48. The molecule has 2 N–H and O–H groups in total. The van der Waals surface area contributed by atoms with Crippen molar-refractivity contribution in [1.82, 2.24) is 4.98 Å². The Morgan fingerprint density at radius 3 is 2.60 bits per heavy atom. The maximum absolute atomic E-state index is 6.14. The number of nitrogens with zero attached hydrogens (tertiary/aromatic N) is 1. The van der Waals surface area contributed by atoms with Crippen molar-refractivity contribution < 1.29 is 0 Å². The maximum Gasteiger partial charge on any atom is 0.110 e. The number of hydrogen-bond acceptors (Lipinski definition) is 3. The summed E-state index contributed by atoms with van der Waals surface area (Å²) in [5.41, 5.74) is 7.70. The third kappa shape index (κ3) is 1.83. The number of rotatable bonds is 2. The van der Waals surface area contributed by atoms with Crippen LogP contribution < -0.4 is 5.73 Å². The normalized spacial score (nSPS) is 20.7. The van der Waals surface area contributed by atoms with E-state index < -0.39 is 0 Å². The molecule has 1 aromatic heterocycles. The Hall–Kier alpha value is -0.410. The largest absolute Gasteiger partial charge is 0.322 e. The van der Waals surface area contributed by atoms with E-state index in [1.807, 2.05) is 11.3 Å². The van der Waals surface area contributed by atoms with Gasteiger partial charge in [0.05, 0.1) is 11.7 Å². The van der Waals surface area contributed by atoms with Crippen LogP contribution in [0.1, 0.15) is 55.7 Å². The van der Waals surface area contributed by atoms with E-state index in [9.17, 15) is 0 Å². The predicted octanol–water partition coefficient (Wildman–Crippen LogP) is 3.02. The highest BCUT2D eigenvalue weighted by atomic mass is 32.1. The fraction of sp³-hybridized carbons (Fsp3) is 0.750. The smallest absolute Gasteiger partial charge is 0.110 e. The Morgan fingerprint density at radius 2 is 2.07 bits per heavy atom. The van der Waals surface area contributed by atoms with Crippen LogP contribution in [0.5, 0.6) is 0 Å². The van der Waals surface area contributed by atoms with Gasteiger partial charge in [-0.3, -0.25) is 0 Å². The van der Waals surface area contributed by atoms with Gasteiger partial charge >= 0.3 is 0 Å². The van der Waals surface area contributed by atoms with Crippen LogP contribution >= 0.6 is 11.3 Å². The van der Waals surface area contributed by atoms with E-state index in [0.29, 0.717) is 5.92 Å². The van der Waals surface area contributed by atoms with E-state index in [2.05, 4.69) is 27.7 Å². The van der Waals surface area contributed by atoms with Gasteiger partial charge in [-0.25, -0.2) is 4.98 Å². The Morgan fingerprint density at radius 1 is 1.40 bits per heavy atom. The van der Waals surface area contributed by atoms with E-state index in [1.54, 1.807) is 0 Å². The van der Waals surface area contributed by atoms with Gasteiger partial charge in [0.1, 0.15) is 5.01 Å². The predicted molar refractivity (Wildman–Crippen MR) is 65.2 cm³/mol. The molecule has 0 spiro atoms. The molecule has 0 fully saturated rings. The molecule has 15 heavy (non-hydrogen) atoms. The van der Waals surface area contributed by atoms with Gasteiger partial charge in [0, 0.05) is 10.3 Å². The van der Waals surface area contributed by atoms with E-state index in [0.717, 1.165) is 5.01 Å². The Kier molecular flexibility index (Phi) is 2.63. The molecule has 2 nitrogen and oxygen atoms in total. The zero-order chi connectivity index (χ0) is 11.2. The highest BCUT2D eigenvalue weighted by Gasteiger charge is 2.34. The number of nitrogens with two attached hydrogens (primary N) is 1. The molecule has 0 bridgehead atoms. The van der Waals surface area contributed by atoms with Crippen molar-refractivity contribution in [3.63, 3.8) is 0 Å². The Bertz CT molecular complexity index is 366. The van der Waals surface area contributed by atoms with Gasteiger partial charge in [-0.15, -0.1) is 11.3 Å². The molecule has 0 amide bonds. The van der Waals surface area contributed by atoms with Crippen LogP contribution in [0.2, 0.25) is 0 Å². The summed E-state index contributed by atoms with van der Waals surface area (Å²) in [5, 5.41) is 1.13. The van der Waals surface area contributed by atoms with Crippen molar-refractivity contribution in [2.24, 2.45) is 11.7 Å². The number of thiazole rings is 1. The third-order valence-electron chi connectivity index (χ3n) is 3.34. The van der Waals surface area contributed by atoms with Crippen LogP contribution in [0.15, 0.2) is 0 Å². The first-order valence-electron chi connectivity index (χ1n) is 5.67. The molecule has 84 valence electrons. The van der Waals surface area contributed by atoms with E-state index in [1.165, 1.54) is 23.4 Å². The van der Waals surface area contributed by atoms with Crippen molar-refractivity contribution in [3.8, 4) is 0 Å². The molecule has 2 rings (SSSR count). The summed E-state index contributed by atoms with van der Waals surface area (Å²) >= 11 is 1.82. The van der Waals surface area contributed by atoms with Crippen molar-refractivity contribution in [1.29, 1.82) is 0 Å². The standard InChI is InChI=1S/C12H20N2S/c1-7(2)9(13)11-14-10-8(15-11)5-6-12(10,3)4/h7,9H,5-6,13H2,1-4H3. The zero-order valence-corrected chi connectivity index (χ0v) is 10.8. The van der Waals surface area contributed by atoms with Crippen molar-refractivity contribution in [2.45, 2.75) is 52.0 Å². The second kappa shape index (κ2) is 3.56. The van der Waals surface area contributed by atoms with Gasteiger partial charge in [-0.05, 0) is 18.8 Å². The molecule has 1 aliphatic rings. The van der Waals surface area contributed by atoms with Crippen LogP contribution in [0.4, 0.5) is 0 Å². The molecule has 3 heteroatoms. The minimum Gasteiger partial charge on any atom is -0.322 e. The molecule has 0 saturated carbocycles. The lowest BCUT2D eigenvalue weighted by atomic mass is 9.91. The number of aryl methyl sites for hydroxylation is 1. The molecule has 1 heterocycles. The van der Waals surface area contributed by atoms with Crippen LogP contribution in [-0.4, -0.2) is 4.98 Å². The van der Waals surface area contributed by atoms with Gasteiger partial charge in [-0.2, -0.15) is 0 Å². The highest BCUT2D eigenvalue weighted by Crippen LogP contribution is 2.42. The first-order chi connectivity index (χ1) is 6.92. The van der Waals surface area contributed by atoms with E-state index in [4.69, 9.17) is 10.7 Å². The summed E-state index contributed by atoms with van der Waals surface area (Å²) in [6, 6.07) is 0.108. The van der Waals surface area contributed by atoms with E-state index >= 15 is 0 Å². The van der Waals surface area contributed by atoms with Crippen LogP contribution in [-0.2, 0) is 11.8 Å². The van der Waals surface area contributed by atoms with Crippen molar-refractivity contribution in [2.75, 3.05) is 0 Å².